The first-order chi connectivity index (χ1) is 6.72. The molecule has 0 saturated heterocycles. The summed E-state index contributed by atoms with van der Waals surface area (Å²) in [5.74, 6) is 3.43. The normalized spacial score (nSPS) is 12.1. The van der Waals surface area contributed by atoms with Gasteiger partial charge in [-0.15, -0.1) is 24.1 Å². The van der Waals surface area contributed by atoms with Gasteiger partial charge in [0.05, 0.1) is 0 Å². The van der Waals surface area contributed by atoms with E-state index >= 15 is 0 Å². The number of rotatable bonds is 4. The van der Waals surface area contributed by atoms with Gasteiger partial charge in [0.25, 0.3) is 0 Å². The van der Waals surface area contributed by atoms with Gasteiger partial charge < -0.3 is 5.73 Å². The highest BCUT2D eigenvalue weighted by Gasteiger charge is 2.01. The quantitative estimate of drug-likeness (QED) is 0.672. The van der Waals surface area contributed by atoms with Crippen LogP contribution in [0.25, 0.3) is 0 Å². The van der Waals surface area contributed by atoms with Crippen molar-refractivity contribution >= 4 is 27.7 Å². The van der Waals surface area contributed by atoms with Crippen LogP contribution in [0.4, 0.5) is 0 Å². The Hall–Kier alpha value is -0.430. The van der Waals surface area contributed by atoms with Crippen molar-refractivity contribution in [3.63, 3.8) is 0 Å². The van der Waals surface area contributed by atoms with Crippen LogP contribution in [0.5, 0.6) is 0 Å². The fourth-order valence-electron chi connectivity index (χ4n) is 0.970. The number of benzene rings is 1. The van der Waals surface area contributed by atoms with Crippen molar-refractivity contribution in [2.24, 2.45) is 5.73 Å². The SMILES string of the molecule is C#CCC(N)CSc1cccc(Br)c1. The van der Waals surface area contributed by atoms with E-state index in [0.717, 1.165) is 10.2 Å². The minimum Gasteiger partial charge on any atom is -0.326 e. The van der Waals surface area contributed by atoms with E-state index in [4.69, 9.17) is 12.2 Å². The van der Waals surface area contributed by atoms with Gasteiger partial charge in [-0.3, -0.25) is 0 Å². The number of terminal acetylenes is 1. The Kier molecular flexibility index (Phi) is 5.10. The lowest BCUT2D eigenvalue weighted by molar-refractivity contribution is 0.783. The molecular formula is C11H12BrNS. The second-order valence-electron chi connectivity index (χ2n) is 2.94. The highest BCUT2D eigenvalue weighted by molar-refractivity contribution is 9.10. The fraction of sp³-hybridized carbons (Fsp3) is 0.273. The zero-order valence-corrected chi connectivity index (χ0v) is 10.1. The van der Waals surface area contributed by atoms with Gasteiger partial charge in [0.2, 0.25) is 0 Å². The van der Waals surface area contributed by atoms with E-state index in [-0.39, 0.29) is 6.04 Å². The van der Waals surface area contributed by atoms with Crippen LogP contribution < -0.4 is 5.73 Å². The van der Waals surface area contributed by atoms with Crippen LogP contribution in [0, 0.1) is 12.3 Å². The minimum absolute atomic E-state index is 0.0870. The van der Waals surface area contributed by atoms with Crippen molar-refractivity contribution in [3.8, 4) is 12.3 Å². The maximum absolute atomic E-state index is 5.80. The first-order valence-electron chi connectivity index (χ1n) is 4.30. The van der Waals surface area contributed by atoms with E-state index in [1.54, 1.807) is 11.8 Å². The van der Waals surface area contributed by atoms with Gasteiger partial charge in [-0.2, -0.15) is 0 Å². The van der Waals surface area contributed by atoms with Gasteiger partial charge in [-0.1, -0.05) is 22.0 Å². The Bertz CT molecular complexity index is 332. The lowest BCUT2D eigenvalue weighted by Gasteiger charge is -2.07. The standard InChI is InChI=1S/C11H12BrNS/c1-2-4-10(13)8-14-11-6-3-5-9(12)7-11/h1,3,5-7,10H,4,8,13H2. The van der Waals surface area contributed by atoms with E-state index in [0.29, 0.717) is 6.42 Å². The van der Waals surface area contributed by atoms with Crippen LogP contribution in [0.2, 0.25) is 0 Å². The number of hydrogen-bond acceptors (Lipinski definition) is 2. The number of halogens is 1. The molecule has 3 heteroatoms. The van der Waals surface area contributed by atoms with Crippen LogP contribution in [-0.4, -0.2) is 11.8 Å². The third kappa shape index (κ3) is 4.19. The molecule has 0 heterocycles. The molecule has 1 nitrogen and oxygen atoms in total. The van der Waals surface area contributed by atoms with Crippen molar-refractivity contribution in [3.05, 3.63) is 28.7 Å². The van der Waals surface area contributed by atoms with Crippen LogP contribution in [0.3, 0.4) is 0 Å². The molecule has 0 bridgehead atoms. The molecule has 1 atom stereocenters. The van der Waals surface area contributed by atoms with Gasteiger partial charge in [0.15, 0.2) is 0 Å². The Morgan fingerprint density at radius 1 is 1.57 bits per heavy atom. The molecule has 0 aromatic heterocycles. The molecular weight excluding hydrogens is 258 g/mol. The highest BCUT2D eigenvalue weighted by Crippen LogP contribution is 2.22. The maximum atomic E-state index is 5.80. The van der Waals surface area contributed by atoms with E-state index in [2.05, 4.69) is 34.0 Å². The number of thioether (sulfide) groups is 1. The van der Waals surface area contributed by atoms with E-state index in [1.807, 2.05) is 12.1 Å². The van der Waals surface area contributed by atoms with Gasteiger partial charge in [-0.05, 0) is 18.2 Å². The monoisotopic (exact) mass is 269 g/mol. The van der Waals surface area contributed by atoms with Crippen molar-refractivity contribution < 1.29 is 0 Å². The minimum atomic E-state index is 0.0870. The summed E-state index contributed by atoms with van der Waals surface area (Å²) >= 11 is 5.16. The second-order valence-corrected chi connectivity index (χ2v) is 4.95. The van der Waals surface area contributed by atoms with Crippen LogP contribution >= 0.6 is 27.7 Å². The third-order valence-electron chi connectivity index (χ3n) is 1.64. The molecule has 0 aliphatic rings. The lowest BCUT2D eigenvalue weighted by atomic mass is 10.3. The molecule has 0 aliphatic carbocycles. The Morgan fingerprint density at radius 3 is 3.00 bits per heavy atom. The molecule has 0 spiro atoms. The van der Waals surface area contributed by atoms with E-state index in [1.165, 1.54) is 4.90 Å². The molecule has 1 unspecified atom stereocenters. The second kappa shape index (κ2) is 6.13. The van der Waals surface area contributed by atoms with E-state index < -0.39 is 0 Å². The molecule has 14 heavy (non-hydrogen) atoms. The molecule has 1 aromatic carbocycles. The smallest absolute Gasteiger partial charge is 0.0246 e. The molecule has 0 amide bonds. The fourth-order valence-corrected chi connectivity index (χ4v) is 2.43. The van der Waals surface area contributed by atoms with Crippen LogP contribution in [0.15, 0.2) is 33.6 Å². The molecule has 1 aromatic rings. The van der Waals surface area contributed by atoms with Crippen LogP contribution in [-0.2, 0) is 0 Å². The predicted octanol–water partition coefficient (Wildman–Crippen LogP) is 2.89. The Balaban J connectivity index is 2.42. The highest BCUT2D eigenvalue weighted by atomic mass is 79.9. The van der Waals surface area contributed by atoms with Crippen molar-refractivity contribution in [2.75, 3.05) is 5.75 Å². The maximum Gasteiger partial charge on any atom is 0.0246 e. The average molecular weight is 270 g/mol. The van der Waals surface area contributed by atoms with Crippen molar-refractivity contribution in [1.29, 1.82) is 0 Å². The summed E-state index contributed by atoms with van der Waals surface area (Å²) in [6.07, 6.45) is 5.82. The van der Waals surface area contributed by atoms with E-state index in [9.17, 15) is 0 Å². The predicted molar refractivity (Wildman–Crippen MR) is 66.3 cm³/mol. The van der Waals surface area contributed by atoms with Crippen molar-refractivity contribution in [1.82, 2.24) is 0 Å². The van der Waals surface area contributed by atoms with Crippen molar-refractivity contribution in [2.45, 2.75) is 17.4 Å². The summed E-state index contributed by atoms with van der Waals surface area (Å²) < 4.78 is 1.09. The molecule has 0 aliphatic heterocycles. The summed E-state index contributed by atoms with van der Waals surface area (Å²) in [4.78, 5) is 1.21. The largest absolute Gasteiger partial charge is 0.326 e. The first kappa shape index (κ1) is 11.6. The summed E-state index contributed by atoms with van der Waals surface area (Å²) in [5.41, 5.74) is 5.80. The Morgan fingerprint density at radius 2 is 2.36 bits per heavy atom. The molecule has 0 radical (unpaired) electrons. The third-order valence-corrected chi connectivity index (χ3v) is 3.32. The van der Waals surface area contributed by atoms with Gasteiger partial charge >= 0.3 is 0 Å². The van der Waals surface area contributed by atoms with Gasteiger partial charge in [0, 0.05) is 27.6 Å². The molecule has 0 saturated carbocycles. The molecule has 1 rings (SSSR count). The zero-order chi connectivity index (χ0) is 10.4. The van der Waals surface area contributed by atoms with Gasteiger partial charge in [-0.25, -0.2) is 0 Å². The van der Waals surface area contributed by atoms with Crippen LogP contribution in [0.1, 0.15) is 6.42 Å². The first-order valence-corrected chi connectivity index (χ1v) is 6.07. The summed E-state index contributed by atoms with van der Waals surface area (Å²) in [6.45, 7) is 0. The van der Waals surface area contributed by atoms with Gasteiger partial charge in [0.1, 0.15) is 0 Å². The average Bonchev–Trinajstić information content (AvgIpc) is 2.15. The summed E-state index contributed by atoms with van der Waals surface area (Å²) in [5, 5.41) is 0. The number of hydrogen-bond donors (Lipinski definition) is 1. The molecule has 0 fully saturated rings. The zero-order valence-electron chi connectivity index (χ0n) is 7.74. The Labute approximate surface area is 97.6 Å². The topological polar surface area (TPSA) is 26.0 Å². The summed E-state index contributed by atoms with van der Waals surface area (Å²) in [6, 6.07) is 8.25. The molecule has 2 N–H and O–H groups in total. The lowest BCUT2D eigenvalue weighted by Crippen LogP contribution is -2.21. The number of nitrogens with two attached hydrogens (primary N) is 1. The summed E-state index contributed by atoms with van der Waals surface area (Å²) in [7, 11) is 0. The molecule has 74 valence electrons.